The Bertz CT molecular complexity index is 929. The molecule has 0 spiro atoms. The highest BCUT2D eigenvalue weighted by molar-refractivity contribution is 5.97. The van der Waals surface area contributed by atoms with E-state index in [-0.39, 0.29) is 6.61 Å². The number of hydrogen-bond acceptors (Lipinski definition) is 6. The molecule has 0 saturated heterocycles. The van der Waals surface area contributed by atoms with Gasteiger partial charge < -0.3 is 19.1 Å². The third kappa shape index (κ3) is 3.06. The summed E-state index contributed by atoms with van der Waals surface area (Å²) in [5.41, 5.74) is 2.69. The van der Waals surface area contributed by atoms with Gasteiger partial charge in [0.15, 0.2) is 5.76 Å². The van der Waals surface area contributed by atoms with Crippen LogP contribution in [0, 0.1) is 0 Å². The zero-order valence-electron chi connectivity index (χ0n) is 15.6. The molecule has 144 valence electrons. The molecule has 0 radical (unpaired) electrons. The number of benzene rings is 2. The summed E-state index contributed by atoms with van der Waals surface area (Å²) in [7, 11) is 3.12. The van der Waals surface area contributed by atoms with Gasteiger partial charge in [0.25, 0.3) is 5.79 Å². The second-order valence-electron chi connectivity index (χ2n) is 6.39. The minimum absolute atomic E-state index is 0.271. The lowest BCUT2D eigenvalue weighted by atomic mass is 9.89. The van der Waals surface area contributed by atoms with Crippen molar-refractivity contribution in [3.63, 3.8) is 0 Å². The summed E-state index contributed by atoms with van der Waals surface area (Å²) in [6.45, 7) is 0.271. The van der Waals surface area contributed by atoms with E-state index in [1.807, 2.05) is 42.5 Å². The van der Waals surface area contributed by atoms with Crippen molar-refractivity contribution in [2.75, 3.05) is 20.8 Å². The van der Waals surface area contributed by atoms with Gasteiger partial charge in [-0.15, -0.1) is 0 Å². The number of rotatable bonds is 6. The first-order valence-electron chi connectivity index (χ1n) is 8.88. The fourth-order valence-electron chi connectivity index (χ4n) is 3.50. The molecular weight excluding hydrogens is 360 g/mol. The lowest BCUT2D eigenvalue weighted by Gasteiger charge is -2.30. The first-order chi connectivity index (χ1) is 13.7. The highest BCUT2D eigenvalue weighted by Crippen LogP contribution is 2.46. The summed E-state index contributed by atoms with van der Waals surface area (Å²) < 4.78 is 16.9. The normalized spacial score (nSPS) is 21.4. The predicted octanol–water partition coefficient (Wildman–Crippen LogP) is 3.44. The monoisotopic (exact) mass is 380 g/mol. The van der Waals surface area contributed by atoms with E-state index in [2.05, 4.69) is 0 Å². The molecule has 2 aromatic carbocycles. The fourth-order valence-corrected chi connectivity index (χ4v) is 3.50. The van der Waals surface area contributed by atoms with E-state index in [0.29, 0.717) is 34.6 Å². The number of ether oxygens (including phenoxy) is 3. The Morgan fingerprint density at radius 2 is 1.79 bits per heavy atom. The van der Waals surface area contributed by atoms with Crippen LogP contribution >= 0.6 is 0 Å². The molecule has 0 amide bonds. The number of hydrogen-bond donors (Lipinski definition) is 0. The van der Waals surface area contributed by atoms with Crippen LogP contribution in [0.2, 0.25) is 0 Å². The average Bonchev–Trinajstić information content (AvgIpc) is 3.35. The van der Waals surface area contributed by atoms with Gasteiger partial charge in [0.2, 0.25) is 0 Å². The van der Waals surface area contributed by atoms with Crippen LogP contribution < -0.4 is 4.74 Å². The lowest BCUT2D eigenvalue weighted by Crippen LogP contribution is -2.32. The first-order valence-corrected chi connectivity index (χ1v) is 8.88. The van der Waals surface area contributed by atoms with Gasteiger partial charge in [-0.1, -0.05) is 30.3 Å². The van der Waals surface area contributed by atoms with Crippen LogP contribution in [0.25, 0.3) is 0 Å². The summed E-state index contributed by atoms with van der Waals surface area (Å²) in [5.74, 6) is -0.825. The molecule has 6 heteroatoms. The SMILES string of the molecule is COc1ccc(C2(OC)OC(=O)C(C3=CCOO3)=C2Cc2ccccc2)cc1. The van der Waals surface area contributed by atoms with Crippen LogP contribution in [0.4, 0.5) is 0 Å². The minimum Gasteiger partial charge on any atom is -0.497 e. The minimum atomic E-state index is -1.36. The predicted molar refractivity (Wildman–Crippen MR) is 100 cm³/mol. The molecule has 1 atom stereocenters. The van der Waals surface area contributed by atoms with Gasteiger partial charge in [0.05, 0.1) is 7.11 Å². The highest BCUT2D eigenvalue weighted by atomic mass is 17.2. The Morgan fingerprint density at radius 3 is 2.39 bits per heavy atom. The van der Waals surface area contributed by atoms with Crippen molar-refractivity contribution in [1.29, 1.82) is 0 Å². The lowest BCUT2D eigenvalue weighted by molar-refractivity contribution is -0.231. The molecule has 0 bridgehead atoms. The highest BCUT2D eigenvalue weighted by Gasteiger charge is 2.51. The Hall–Kier alpha value is -3.09. The molecule has 1 unspecified atom stereocenters. The average molecular weight is 380 g/mol. The number of methoxy groups -OCH3 is 2. The Kier molecular flexibility index (Phi) is 4.90. The largest absolute Gasteiger partial charge is 0.497 e. The van der Waals surface area contributed by atoms with Crippen LogP contribution in [-0.4, -0.2) is 26.8 Å². The molecule has 2 aliphatic rings. The molecule has 0 saturated carbocycles. The molecule has 6 nitrogen and oxygen atoms in total. The summed E-state index contributed by atoms with van der Waals surface area (Å²) >= 11 is 0. The number of esters is 1. The maximum atomic E-state index is 12.9. The van der Waals surface area contributed by atoms with Crippen molar-refractivity contribution >= 4 is 5.97 Å². The molecule has 28 heavy (non-hydrogen) atoms. The number of cyclic esters (lactones) is 1. The van der Waals surface area contributed by atoms with Crippen molar-refractivity contribution in [1.82, 2.24) is 0 Å². The van der Waals surface area contributed by atoms with Crippen molar-refractivity contribution in [2.45, 2.75) is 12.2 Å². The smallest absolute Gasteiger partial charge is 0.345 e. The van der Waals surface area contributed by atoms with E-state index in [0.717, 1.165) is 5.56 Å². The maximum Gasteiger partial charge on any atom is 0.345 e. The van der Waals surface area contributed by atoms with Gasteiger partial charge in [-0.2, -0.15) is 4.89 Å². The second kappa shape index (κ2) is 7.50. The molecule has 2 aliphatic heterocycles. The molecule has 0 aromatic heterocycles. The van der Waals surface area contributed by atoms with Crippen molar-refractivity contribution in [3.05, 3.63) is 88.7 Å². The van der Waals surface area contributed by atoms with Crippen LogP contribution in [-0.2, 0) is 36.3 Å². The van der Waals surface area contributed by atoms with Gasteiger partial charge in [-0.05, 0) is 35.9 Å². The Labute approximate surface area is 162 Å². The topological polar surface area (TPSA) is 63.2 Å². The van der Waals surface area contributed by atoms with Crippen LogP contribution in [0.1, 0.15) is 11.1 Å². The van der Waals surface area contributed by atoms with E-state index in [4.69, 9.17) is 24.0 Å². The van der Waals surface area contributed by atoms with E-state index < -0.39 is 11.8 Å². The van der Waals surface area contributed by atoms with Crippen LogP contribution in [0.15, 0.2) is 77.6 Å². The van der Waals surface area contributed by atoms with Gasteiger partial charge in [0.1, 0.15) is 17.9 Å². The van der Waals surface area contributed by atoms with Gasteiger partial charge in [-0.3, -0.25) is 0 Å². The summed E-state index contributed by atoms with van der Waals surface area (Å²) in [4.78, 5) is 23.0. The second-order valence-corrected chi connectivity index (χ2v) is 6.39. The summed E-state index contributed by atoms with van der Waals surface area (Å²) in [5, 5.41) is 0. The fraction of sp³-hybridized carbons (Fsp3) is 0.227. The van der Waals surface area contributed by atoms with Crippen LogP contribution in [0.3, 0.4) is 0 Å². The number of carbonyl (C=O) groups is 1. The molecular formula is C22H20O6. The Morgan fingerprint density at radius 1 is 1.04 bits per heavy atom. The van der Waals surface area contributed by atoms with E-state index in [9.17, 15) is 4.79 Å². The van der Waals surface area contributed by atoms with Gasteiger partial charge in [-0.25, -0.2) is 4.79 Å². The van der Waals surface area contributed by atoms with Gasteiger partial charge in [0, 0.05) is 24.7 Å². The number of carbonyl (C=O) groups excluding carboxylic acids is 1. The van der Waals surface area contributed by atoms with Gasteiger partial charge >= 0.3 is 5.97 Å². The summed E-state index contributed by atoms with van der Waals surface area (Å²) in [6.07, 6.45) is 2.16. The van der Waals surface area contributed by atoms with E-state index >= 15 is 0 Å². The molecule has 0 aliphatic carbocycles. The third-order valence-corrected chi connectivity index (χ3v) is 4.85. The van der Waals surface area contributed by atoms with Crippen molar-refractivity contribution in [2.24, 2.45) is 0 Å². The molecule has 4 rings (SSSR count). The Balaban J connectivity index is 1.87. The third-order valence-electron chi connectivity index (χ3n) is 4.85. The molecule has 2 aromatic rings. The standard InChI is InChI=1S/C22H20O6/c1-24-17-10-8-16(9-11-17)22(25-2)18(14-15-6-4-3-5-7-15)20(21(23)27-22)19-12-13-26-28-19/h3-12H,13-14H2,1-2H3. The first kappa shape index (κ1) is 18.3. The zero-order valence-corrected chi connectivity index (χ0v) is 15.6. The molecule has 0 fully saturated rings. The maximum absolute atomic E-state index is 12.9. The van der Waals surface area contributed by atoms with E-state index in [1.54, 1.807) is 25.3 Å². The molecule has 0 N–H and O–H groups in total. The van der Waals surface area contributed by atoms with Crippen molar-refractivity contribution in [3.8, 4) is 5.75 Å². The van der Waals surface area contributed by atoms with E-state index in [1.165, 1.54) is 7.11 Å². The van der Waals surface area contributed by atoms with Crippen LogP contribution in [0.5, 0.6) is 5.75 Å². The van der Waals surface area contributed by atoms with Crippen molar-refractivity contribution < 1.29 is 28.8 Å². The zero-order chi connectivity index (χ0) is 19.6. The summed E-state index contributed by atoms with van der Waals surface area (Å²) in [6, 6.07) is 17.1. The molecule has 2 heterocycles. The quantitative estimate of drug-likeness (QED) is 0.565.